The van der Waals surface area contributed by atoms with Crippen LogP contribution in [0.5, 0.6) is 0 Å². The molecule has 2 aliphatic rings. The van der Waals surface area contributed by atoms with Gasteiger partial charge in [-0.1, -0.05) is 35.9 Å². The van der Waals surface area contributed by atoms with Gasteiger partial charge in [0.2, 0.25) is 5.91 Å². The third-order valence-corrected chi connectivity index (χ3v) is 7.31. The molecule has 172 valence electrons. The average molecular weight is 444 g/mol. The number of carbonyl (C=O) groups is 1. The quantitative estimate of drug-likeness (QED) is 0.573. The number of aromatic nitrogens is 3. The topological polar surface area (TPSA) is 54.3 Å². The highest BCUT2D eigenvalue weighted by Crippen LogP contribution is 2.50. The molecule has 1 spiro atoms. The van der Waals surface area contributed by atoms with Crippen LogP contribution in [0.25, 0.3) is 0 Å². The average Bonchev–Trinajstić information content (AvgIpc) is 3.49. The molecule has 0 saturated carbocycles. The van der Waals surface area contributed by atoms with Crippen molar-refractivity contribution in [3.05, 3.63) is 83.7 Å². The first-order valence-electron chi connectivity index (χ1n) is 11.9. The minimum atomic E-state index is -0.414. The zero-order valence-electron chi connectivity index (χ0n) is 19.8. The van der Waals surface area contributed by atoms with E-state index >= 15 is 0 Å². The molecule has 0 unspecified atom stereocenters. The van der Waals surface area contributed by atoms with Gasteiger partial charge >= 0.3 is 0 Å². The van der Waals surface area contributed by atoms with Crippen molar-refractivity contribution in [3.63, 3.8) is 0 Å². The summed E-state index contributed by atoms with van der Waals surface area (Å²) in [5.74, 6) is 0.371. The summed E-state index contributed by atoms with van der Waals surface area (Å²) in [5.41, 5.74) is 4.29. The molecule has 6 heteroatoms. The van der Waals surface area contributed by atoms with E-state index in [1.165, 1.54) is 11.1 Å². The third-order valence-electron chi connectivity index (χ3n) is 7.31. The van der Waals surface area contributed by atoms with E-state index in [0.717, 1.165) is 43.9 Å². The van der Waals surface area contributed by atoms with Gasteiger partial charge in [-0.3, -0.25) is 14.7 Å². The number of hydrogen-bond acceptors (Lipinski definition) is 4. The lowest BCUT2D eigenvalue weighted by Crippen LogP contribution is -2.39. The molecule has 33 heavy (non-hydrogen) atoms. The summed E-state index contributed by atoms with van der Waals surface area (Å²) in [4.78, 5) is 27.5. The highest BCUT2D eigenvalue weighted by Gasteiger charge is 2.57. The van der Waals surface area contributed by atoms with E-state index < -0.39 is 5.41 Å². The number of aryl methyl sites for hydroxylation is 1. The Morgan fingerprint density at radius 3 is 2.73 bits per heavy atom. The van der Waals surface area contributed by atoms with E-state index in [4.69, 9.17) is 4.98 Å². The fourth-order valence-electron chi connectivity index (χ4n) is 5.58. The minimum absolute atomic E-state index is 0.105. The lowest BCUT2D eigenvalue weighted by Gasteiger charge is -2.28. The summed E-state index contributed by atoms with van der Waals surface area (Å²) in [6.45, 7) is 10.4. The summed E-state index contributed by atoms with van der Waals surface area (Å²) >= 11 is 0. The van der Waals surface area contributed by atoms with Crippen LogP contribution in [0.2, 0.25) is 0 Å². The zero-order chi connectivity index (χ0) is 23.0. The van der Waals surface area contributed by atoms with Crippen LogP contribution in [0.15, 0.2) is 61.3 Å². The first kappa shape index (κ1) is 21.8. The van der Waals surface area contributed by atoms with Crippen molar-refractivity contribution in [2.75, 3.05) is 19.6 Å². The molecule has 4 heterocycles. The number of nitrogens with zero attached hydrogens (tertiary/aromatic N) is 5. The van der Waals surface area contributed by atoms with Gasteiger partial charge in [-0.05, 0) is 44.4 Å². The van der Waals surface area contributed by atoms with Gasteiger partial charge in [0.1, 0.15) is 0 Å². The Kier molecular flexibility index (Phi) is 5.79. The Hall–Kier alpha value is -2.99. The molecule has 3 aromatic rings. The van der Waals surface area contributed by atoms with Crippen LogP contribution in [0, 0.1) is 12.3 Å². The van der Waals surface area contributed by atoms with Crippen molar-refractivity contribution in [2.45, 2.75) is 52.2 Å². The molecule has 0 aliphatic carbocycles. The Labute approximate surface area is 196 Å². The van der Waals surface area contributed by atoms with Gasteiger partial charge in [-0.25, -0.2) is 4.98 Å². The Morgan fingerprint density at radius 1 is 1.15 bits per heavy atom. The molecule has 0 N–H and O–H groups in total. The van der Waals surface area contributed by atoms with Crippen LogP contribution in [0.1, 0.15) is 54.6 Å². The predicted molar refractivity (Wildman–Crippen MR) is 129 cm³/mol. The van der Waals surface area contributed by atoms with E-state index in [0.29, 0.717) is 12.6 Å². The number of imidazole rings is 1. The first-order valence-corrected chi connectivity index (χ1v) is 11.9. The molecular formula is C27H33N5O. The largest absolute Gasteiger partial charge is 0.338 e. The Balaban J connectivity index is 1.43. The summed E-state index contributed by atoms with van der Waals surface area (Å²) in [6.07, 6.45) is 8.58. The first-order chi connectivity index (χ1) is 15.9. The summed E-state index contributed by atoms with van der Waals surface area (Å²) in [5, 5.41) is 0. The normalized spacial score (nSPS) is 23.3. The number of likely N-dealkylation sites (tertiary alicyclic amines) is 2. The van der Waals surface area contributed by atoms with E-state index in [1.807, 2.05) is 29.6 Å². The number of carbonyl (C=O) groups excluding carboxylic acids is 1. The molecular weight excluding hydrogens is 410 g/mol. The van der Waals surface area contributed by atoms with E-state index in [-0.39, 0.29) is 11.8 Å². The maximum atomic E-state index is 14.0. The number of benzene rings is 1. The molecule has 1 amide bonds. The smallest absolute Gasteiger partial charge is 0.231 e. The van der Waals surface area contributed by atoms with Crippen LogP contribution in [0.3, 0.4) is 0 Å². The van der Waals surface area contributed by atoms with Gasteiger partial charge in [0, 0.05) is 63.3 Å². The lowest BCUT2D eigenvalue weighted by molar-refractivity contribution is -0.136. The van der Waals surface area contributed by atoms with Crippen LogP contribution >= 0.6 is 0 Å². The molecule has 6 nitrogen and oxygen atoms in total. The van der Waals surface area contributed by atoms with Gasteiger partial charge in [0.25, 0.3) is 0 Å². The highest BCUT2D eigenvalue weighted by molar-refractivity contribution is 5.86. The van der Waals surface area contributed by atoms with E-state index in [2.05, 4.69) is 65.7 Å². The van der Waals surface area contributed by atoms with Gasteiger partial charge < -0.3 is 9.47 Å². The van der Waals surface area contributed by atoms with E-state index in [9.17, 15) is 4.79 Å². The summed E-state index contributed by atoms with van der Waals surface area (Å²) in [6, 6.07) is 13.0. The van der Waals surface area contributed by atoms with Gasteiger partial charge in [0.15, 0.2) is 0 Å². The van der Waals surface area contributed by atoms with Crippen molar-refractivity contribution in [1.29, 1.82) is 0 Å². The van der Waals surface area contributed by atoms with Crippen molar-refractivity contribution in [1.82, 2.24) is 24.3 Å². The number of rotatable bonds is 6. The van der Waals surface area contributed by atoms with Crippen molar-refractivity contribution in [2.24, 2.45) is 5.41 Å². The molecule has 5 rings (SSSR count). The fourth-order valence-corrected chi connectivity index (χ4v) is 5.58. The van der Waals surface area contributed by atoms with Crippen molar-refractivity contribution in [3.8, 4) is 0 Å². The second-order valence-corrected chi connectivity index (χ2v) is 10.0. The fraction of sp³-hybridized carbons (Fsp3) is 0.444. The van der Waals surface area contributed by atoms with Crippen molar-refractivity contribution < 1.29 is 4.79 Å². The second-order valence-electron chi connectivity index (χ2n) is 10.0. The SMILES string of the molecule is Cc1cccc(CN2C[C@@H](c3cn(C(C)C)cn3)[C@]3(CCN(Cc4cccnc4)C3=O)C2)c1. The standard InChI is InChI=1S/C27H33N5O/c1-20(2)32-17-25(29-19-32)24-16-30(14-22-7-4-6-21(3)12-22)18-27(24)9-11-31(26(27)33)15-23-8-5-10-28-13-23/h4-8,10,12-13,17,19-20,24H,9,11,14-16,18H2,1-3H3/t24-,27-/m0/s1. The molecule has 2 aromatic heterocycles. The molecule has 2 aliphatic heterocycles. The molecule has 1 aromatic carbocycles. The third kappa shape index (κ3) is 4.20. The molecule has 2 saturated heterocycles. The zero-order valence-corrected chi connectivity index (χ0v) is 19.8. The maximum absolute atomic E-state index is 14.0. The van der Waals surface area contributed by atoms with Crippen molar-refractivity contribution >= 4 is 5.91 Å². The predicted octanol–water partition coefficient (Wildman–Crippen LogP) is 4.19. The Bertz CT molecular complexity index is 1120. The summed E-state index contributed by atoms with van der Waals surface area (Å²) < 4.78 is 2.15. The maximum Gasteiger partial charge on any atom is 0.231 e. The van der Waals surface area contributed by atoms with Gasteiger partial charge in [-0.2, -0.15) is 0 Å². The highest BCUT2D eigenvalue weighted by atomic mass is 16.2. The molecule has 2 atom stereocenters. The van der Waals surface area contributed by atoms with Crippen LogP contribution in [0.4, 0.5) is 0 Å². The molecule has 0 radical (unpaired) electrons. The number of pyridine rings is 1. The van der Waals surface area contributed by atoms with Crippen LogP contribution in [-0.4, -0.2) is 49.9 Å². The second kappa shape index (κ2) is 8.75. The molecule has 2 fully saturated rings. The van der Waals surface area contributed by atoms with Gasteiger partial charge in [-0.15, -0.1) is 0 Å². The molecule has 0 bridgehead atoms. The number of amides is 1. The van der Waals surface area contributed by atoms with E-state index in [1.54, 1.807) is 6.20 Å². The monoisotopic (exact) mass is 443 g/mol. The Morgan fingerprint density at radius 2 is 2.00 bits per heavy atom. The number of hydrogen-bond donors (Lipinski definition) is 0. The van der Waals surface area contributed by atoms with Gasteiger partial charge in [0.05, 0.1) is 17.4 Å². The minimum Gasteiger partial charge on any atom is -0.338 e. The van der Waals surface area contributed by atoms with Crippen LogP contribution in [-0.2, 0) is 17.9 Å². The summed E-state index contributed by atoms with van der Waals surface area (Å²) in [7, 11) is 0. The lowest BCUT2D eigenvalue weighted by atomic mass is 9.75. The van der Waals surface area contributed by atoms with Crippen LogP contribution < -0.4 is 0 Å².